The molecule has 1 unspecified atom stereocenters. The molecule has 2 amide bonds. The predicted molar refractivity (Wildman–Crippen MR) is 129 cm³/mol. The molecule has 1 aromatic rings. The quantitative estimate of drug-likeness (QED) is 0.639. The van der Waals surface area contributed by atoms with Crippen molar-refractivity contribution in [3.63, 3.8) is 0 Å². The molecule has 0 N–H and O–H groups in total. The van der Waals surface area contributed by atoms with Crippen molar-refractivity contribution in [3.05, 3.63) is 6.07 Å². The van der Waals surface area contributed by atoms with Gasteiger partial charge in [-0.2, -0.15) is 15.2 Å². The average Bonchev–Trinajstić information content (AvgIpc) is 3.66. The summed E-state index contributed by atoms with van der Waals surface area (Å²) < 4.78 is 0. The van der Waals surface area contributed by atoms with E-state index in [0.717, 1.165) is 50.2 Å². The molecule has 1 atom stereocenters. The molecule has 0 aliphatic carbocycles. The van der Waals surface area contributed by atoms with E-state index in [-0.39, 0.29) is 18.2 Å². The average molecular weight is 467 g/mol. The number of amides is 2. The van der Waals surface area contributed by atoms with E-state index in [0.29, 0.717) is 39.1 Å². The topological polar surface area (TPSA) is 99.9 Å². The third-order valence-electron chi connectivity index (χ3n) is 7.51. The number of rotatable bonds is 5. The molecular formula is C24H34N8O2. The SMILES string of the molecule is N#CCC(=O)N1CCCC1C(=O)N1CCN(c2cc(N3CCCC3)nc(N3CCCC3)n2)CC1. The Morgan fingerprint density at radius 1 is 0.824 bits per heavy atom. The molecule has 5 heterocycles. The van der Waals surface area contributed by atoms with E-state index in [1.54, 1.807) is 4.90 Å². The summed E-state index contributed by atoms with van der Waals surface area (Å²) in [5, 5.41) is 8.87. The zero-order chi connectivity index (χ0) is 23.5. The minimum Gasteiger partial charge on any atom is -0.356 e. The first-order valence-corrected chi connectivity index (χ1v) is 12.7. The van der Waals surface area contributed by atoms with E-state index >= 15 is 0 Å². The van der Waals surface area contributed by atoms with Crippen molar-refractivity contribution < 1.29 is 9.59 Å². The first-order chi connectivity index (χ1) is 16.6. The Labute approximate surface area is 201 Å². The van der Waals surface area contributed by atoms with E-state index in [2.05, 4.69) is 20.8 Å². The fraction of sp³-hybridized carbons (Fsp3) is 0.708. The summed E-state index contributed by atoms with van der Waals surface area (Å²) in [5.41, 5.74) is 0. The summed E-state index contributed by atoms with van der Waals surface area (Å²) in [6.07, 6.45) is 6.10. The van der Waals surface area contributed by atoms with Gasteiger partial charge in [0, 0.05) is 65.0 Å². The normalized spacial score (nSPS) is 23.0. The number of aromatic nitrogens is 2. The van der Waals surface area contributed by atoms with Gasteiger partial charge in [0.05, 0.1) is 6.07 Å². The van der Waals surface area contributed by atoms with Crippen LogP contribution in [0.25, 0.3) is 0 Å². The maximum atomic E-state index is 13.2. The second kappa shape index (κ2) is 10.0. The van der Waals surface area contributed by atoms with Crippen molar-refractivity contribution in [1.29, 1.82) is 5.26 Å². The number of anilines is 3. The molecule has 0 spiro atoms. The van der Waals surface area contributed by atoms with Gasteiger partial charge in [-0.05, 0) is 38.5 Å². The minimum atomic E-state index is -0.421. The van der Waals surface area contributed by atoms with Gasteiger partial charge < -0.3 is 24.5 Å². The largest absolute Gasteiger partial charge is 0.356 e. The molecule has 10 heteroatoms. The Bertz CT molecular complexity index is 909. The highest BCUT2D eigenvalue weighted by molar-refractivity contribution is 5.89. The van der Waals surface area contributed by atoms with Crippen molar-refractivity contribution in [2.75, 3.05) is 73.6 Å². The van der Waals surface area contributed by atoms with Crippen LogP contribution < -0.4 is 14.7 Å². The molecule has 0 aromatic carbocycles. The van der Waals surface area contributed by atoms with Crippen LogP contribution in [-0.4, -0.2) is 96.5 Å². The van der Waals surface area contributed by atoms with E-state index in [9.17, 15) is 9.59 Å². The summed E-state index contributed by atoms with van der Waals surface area (Å²) >= 11 is 0. The van der Waals surface area contributed by atoms with Crippen LogP contribution in [0.2, 0.25) is 0 Å². The lowest BCUT2D eigenvalue weighted by molar-refractivity contribution is -0.143. The number of piperazine rings is 1. The molecule has 34 heavy (non-hydrogen) atoms. The Balaban J connectivity index is 1.27. The monoisotopic (exact) mass is 466 g/mol. The van der Waals surface area contributed by atoms with Crippen LogP contribution in [0.4, 0.5) is 17.6 Å². The maximum absolute atomic E-state index is 13.2. The van der Waals surface area contributed by atoms with Crippen LogP contribution in [-0.2, 0) is 9.59 Å². The van der Waals surface area contributed by atoms with Crippen molar-refractivity contribution in [1.82, 2.24) is 19.8 Å². The third kappa shape index (κ3) is 4.61. The summed E-state index contributed by atoms with van der Waals surface area (Å²) in [6.45, 7) is 7.30. The highest BCUT2D eigenvalue weighted by Gasteiger charge is 2.37. The molecule has 5 rings (SSSR count). The van der Waals surface area contributed by atoms with E-state index in [1.807, 2.05) is 11.0 Å². The van der Waals surface area contributed by atoms with Gasteiger partial charge in [-0.1, -0.05) is 0 Å². The second-order valence-corrected chi connectivity index (χ2v) is 9.67. The molecular weight excluding hydrogens is 432 g/mol. The van der Waals surface area contributed by atoms with E-state index < -0.39 is 6.04 Å². The Morgan fingerprint density at radius 3 is 2.03 bits per heavy atom. The highest BCUT2D eigenvalue weighted by Crippen LogP contribution is 2.28. The van der Waals surface area contributed by atoms with Gasteiger partial charge in [0.25, 0.3) is 0 Å². The van der Waals surface area contributed by atoms with Gasteiger partial charge in [0.2, 0.25) is 17.8 Å². The standard InChI is InChI=1S/C24H34N8O2/c25-8-7-22(33)32-13-5-6-19(32)23(34)30-16-14-29(15-17-30)21-18-20(28-9-1-2-10-28)26-24(27-21)31-11-3-4-12-31/h18-19H,1-7,9-17H2. The van der Waals surface area contributed by atoms with Gasteiger partial charge in [0.15, 0.2) is 0 Å². The van der Waals surface area contributed by atoms with Crippen LogP contribution in [0.1, 0.15) is 44.9 Å². The second-order valence-electron chi connectivity index (χ2n) is 9.67. The molecule has 182 valence electrons. The van der Waals surface area contributed by atoms with E-state index in [4.69, 9.17) is 15.2 Å². The van der Waals surface area contributed by atoms with Gasteiger partial charge in [-0.15, -0.1) is 0 Å². The third-order valence-corrected chi connectivity index (χ3v) is 7.51. The summed E-state index contributed by atoms with van der Waals surface area (Å²) in [6, 6.07) is 3.61. The lowest BCUT2D eigenvalue weighted by Crippen LogP contribution is -2.54. The van der Waals surface area contributed by atoms with Crippen molar-refractivity contribution in [3.8, 4) is 6.07 Å². The molecule has 4 fully saturated rings. The Morgan fingerprint density at radius 2 is 1.41 bits per heavy atom. The molecule has 0 bridgehead atoms. The molecule has 0 radical (unpaired) electrons. The molecule has 4 aliphatic rings. The highest BCUT2D eigenvalue weighted by atomic mass is 16.2. The van der Waals surface area contributed by atoms with Gasteiger partial charge in [-0.3, -0.25) is 9.59 Å². The molecule has 4 saturated heterocycles. The van der Waals surface area contributed by atoms with Crippen molar-refractivity contribution in [2.45, 2.75) is 51.0 Å². The van der Waals surface area contributed by atoms with Crippen LogP contribution in [0, 0.1) is 11.3 Å². The number of carbonyl (C=O) groups excluding carboxylic acids is 2. The predicted octanol–water partition coefficient (Wildman–Crippen LogP) is 1.23. The number of nitriles is 1. The van der Waals surface area contributed by atoms with Gasteiger partial charge >= 0.3 is 0 Å². The summed E-state index contributed by atoms with van der Waals surface area (Å²) in [7, 11) is 0. The Hall–Kier alpha value is -3.09. The van der Waals surface area contributed by atoms with Crippen LogP contribution in [0.15, 0.2) is 6.07 Å². The summed E-state index contributed by atoms with van der Waals surface area (Å²) in [5.74, 6) is 2.56. The number of hydrogen-bond acceptors (Lipinski definition) is 8. The zero-order valence-corrected chi connectivity index (χ0v) is 19.9. The van der Waals surface area contributed by atoms with Crippen LogP contribution in [0.3, 0.4) is 0 Å². The fourth-order valence-electron chi connectivity index (χ4n) is 5.60. The molecule has 10 nitrogen and oxygen atoms in total. The maximum Gasteiger partial charge on any atom is 0.245 e. The smallest absolute Gasteiger partial charge is 0.245 e. The molecule has 4 aliphatic heterocycles. The molecule has 1 aromatic heterocycles. The van der Waals surface area contributed by atoms with E-state index in [1.165, 1.54) is 25.7 Å². The first kappa shape index (κ1) is 22.7. The number of likely N-dealkylation sites (tertiary alicyclic amines) is 1. The zero-order valence-electron chi connectivity index (χ0n) is 19.9. The number of hydrogen-bond donors (Lipinski definition) is 0. The lowest BCUT2D eigenvalue weighted by atomic mass is 10.1. The number of nitrogens with zero attached hydrogens (tertiary/aromatic N) is 8. The Kier molecular flexibility index (Phi) is 6.70. The van der Waals surface area contributed by atoms with Crippen molar-refractivity contribution in [2.24, 2.45) is 0 Å². The first-order valence-electron chi connectivity index (χ1n) is 12.7. The van der Waals surface area contributed by atoms with Crippen molar-refractivity contribution >= 4 is 29.4 Å². The minimum absolute atomic E-state index is 0.0154. The van der Waals surface area contributed by atoms with Gasteiger partial charge in [-0.25, -0.2) is 0 Å². The summed E-state index contributed by atoms with van der Waals surface area (Å²) in [4.78, 5) is 45.7. The fourth-order valence-corrected chi connectivity index (χ4v) is 5.60. The van der Waals surface area contributed by atoms with Crippen LogP contribution >= 0.6 is 0 Å². The van der Waals surface area contributed by atoms with Gasteiger partial charge in [0.1, 0.15) is 24.1 Å². The lowest BCUT2D eigenvalue weighted by Gasteiger charge is -2.38. The van der Waals surface area contributed by atoms with Crippen LogP contribution in [0.5, 0.6) is 0 Å². The molecule has 0 saturated carbocycles. The number of carbonyl (C=O) groups is 2.